The Morgan fingerprint density at radius 2 is 1.60 bits per heavy atom. The Balaban J connectivity index is -0.00000000333. The normalized spacial score (nSPS) is 1.60. The van der Waals surface area contributed by atoms with E-state index in [2.05, 4.69) is 12.3 Å². The molecule has 0 aliphatic carbocycles. The van der Waals surface area contributed by atoms with Gasteiger partial charge in [-0.15, -0.1) is 12.3 Å². The molecule has 0 aliphatic heterocycles. The van der Waals surface area contributed by atoms with Gasteiger partial charge in [0.1, 0.15) is 0 Å². The molecule has 0 amide bonds. The van der Waals surface area contributed by atoms with Gasteiger partial charge in [0.25, 0.3) is 0 Å². The summed E-state index contributed by atoms with van der Waals surface area (Å²) in [5, 5.41) is 0. The molecule has 0 nitrogen and oxygen atoms in total. The van der Waals surface area contributed by atoms with Crippen LogP contribution in [0.3, 0.4) is 0 Å². The van der Waals surface area contributed by atoms with Crippen molar-refractivity contribution < 1.29 is 40.6 Å². The topological polar surface area (TPSA) is 0 Å². The van der Waals surface area contributed by atoms with Crippen LogP contribution in [0.15, 0.2) is 0 Å². The van der Waals surface area contributed by atoms with Crippen molar-refractivity contribution in [1.29, 1.82) is 0 Å². The Kier molecular flexibility index (Phi) is 74.6. The van der Waals surface area contributed by atoms with Gasteiger partial charge in [-0.2, -0.15) is 0 Å². The summed E-state index contributed by atoms with van der Waals surface area (Å²) in [4.78, 5) is 0. The molecule has 0 saturated heterocycles. The summed E-state index contributed by atoms with van der Waals surface area (Å²) in [5.74, 6) is 2.25. The van der Waals surface area contributed by atoms with Gasteiger partial charge in [0.15, 0.2) is 0 Å². The summed E-state index contributed by atoms with van der Waals surface area (Å²) in [6.45, 7) is 1.65. The molecule has 2 heteroatoms. The van der Waals surface area contributed by atoms with Crippen molar-refractivity contribution in [2.75, 3.05) is 0 Å². The summed E-state index contributed by atoms with van der Waals surface area (Å²) in [5.41, 5.74) is 0. The van der Waals surface area contributed by atoms with Crippen LogP contribution in [0, 0.1) is 12.3 Å². The Labute approximate surface area is 60.0 Å². The van der Waals surface area contributed by atoms with E-state index in [-0.39, 0.29) is 40.6 Å². The van der Waals surface area contributed by atoms with Crippen molar-refractivity contribution in [1.82, 2.24) is 0 Å². The Hall–Kier alpha value is 0.755. The maximum absolute atomic E-state index is 4.60. The van der Waals surface area contributed by atoms with E-state index in [9.17, 15) is 0 Å². The van der Waals surface area contributed by atoms with E-state index in [0.717, 1.165) is 0 Å². The third-order valence-electron chi connectivity index (χ3n) is 0. The maximum Gasteiger partial charge on any atom is 1.00 e. The van der Waals surface area contributed by atoms with Crippen molar-refractivity contribution in [2.45, 2.75) is 6.92 Å². The third-order valence-corrected chi connectivity index (χ3v) is 0. The summed E-state index contributed by atoms with van der Waals surface area (Å²) < 4.78 is 0. The van der Waals surface area contributed by atoms with Gasteiger partial charge < -0.3 is 2.85 Å². The fourth-order valence-electron chi connectivity index (χ4n) is 0. The molecular formula is C3H6Li2. The molecule has 0 aromatic carbocycles. The van der Waals surface area contributed by atoms with Crippen LogP contribution < -0.4 is 37.7 Å². The SMILES string of the molecule is C#CC.[H-].[H-].[Li+].[Li+]. The van der Waals surface area contributed by atoms with Crippen LogP contribution in [-0.2, 0) is 0 Å². The first-order valence-corrected chi connectivity index (χ1v) is 0.789. The van der Waals surface area contributed by atoms with Crippen LogP contribution in [-0.4, -0.2) is 0 Å². The molecule has 0 fully saturated rings. The van der Waals surface area contributed by atoms with Crippen LogP contribution in [0.5, 0.6) is 0 Å². The van der Waals surface area contributed by atoms with Gasteiger partial charge in [0, 0.05) is 0 Å². The van der Waals surface area contributed by atoms with E-state index >= 15 is 0 Å². The Morgan fingerprint density at radius 3 is 1.60 bits per heavy atom. The van der Waals surface area contributed by atoms with Gasteiger partial charge in [0.05, 0.1) is 0 Å². The van der Waals surface area contributed by atoms with Crippen LogP contribution in [0.25, 0.3) is 0 Å². The van der Waals surface area contributed by atoms with Gasteiger partial charge in [-0.3, -0.25) is 0 Å². The molecule has 0 radical (unpaired) electrons. The summed E-state index contributed by atoms with van der Waals surface area (Å²) in [7, 11) is 0. The zero-order valence-electron chi connectivity index (χ0n) is 6.08. The molecule has 5 heavy (non-hydrogen) atoms. The van der Waals surface area contributed by atoms with Crippen LogP contribution in [0.2, 0.25) is 0 Å². The molecule has 0 rings (SSSR count). The first kappa shape index (κ1) is 17.1. The standard InChI is InChI=1S/C3H4.2Li.2H/c1-3-2;;;;/h1H,2H3;;;;/q;2*+1;2*-1. The quantitative estimate of drug-likeness (QED) is 0.192. The molecule has 0 unspecified atom stereocenters. The largest absolute Gasteiger partial charge is 1.00 e. The molecule has 0 N–H and O–H groups in total. The minimum absolute atomic E-state index is 0. The zero-order chi connectivity index (χ0) is 2.71. The zero-order valence-corrected chi connectivity index (χ0v) is 4.08. The molecule has 0 atom stereocenters. The minimum Gasteiger partial charge on any atom is -1.00 e. The molecule has 0 heterocycles. The van der Waals surface area contributed by atoms with Gasteiger partial charge in [-0.1, -0.05) is 0 Å². The Bertz CT molecular complexity index is 32.4. The second kappa shape index (κ2) is 21.8. The van der Waals surface area contributed by atoms with Crippen LogP contribution in [0.4, 0.5) is 0 Å². The Morgan fingerprint density at radius 1 is 1.60 bits per heavy atom. The van der Waals surface area contributed by atoms with E-state index in [0.29, 0.717) is 0 Å². The van der Waals surface area contributed by atoms with Crippen molar-refractivity contribution in [3.8, 4) is 12.3 Å². The average Bonchev–Trinajstić information content (AvgIpc) is 0.918. The second-order valence-corrected chi connectivity index (χ2v) is 0.289. The predicted molar refractivity (Wildman–Crippen MR) is 16.7 cm³/mol. The molecule has 0 aliphatic rings. The summed E-state index contributed by atoms with van der Waals surface area (Å²) in [6.07, 6.45) is 4.60. The van der Waals surface area contributed by atoms with E-state index in [4.69, 9.17) is 0 Å². The smallest absolute Gasteiger partial charge is 1.00 e. The fraction of sp³-hybridized carbons (Fsp3) is 0.333. The fourth-order valence-corrected chi connectivity index (χ4v) is 0. The monoisotopic (exact) mass is 56.1 g/mol. The van der Waals surface area contributed by atoms with E-state index in [1.54, 1.807) is 6.92 Å². The van der Waals surface area contributed by atoms with Gasteiger partial charge in [0.2, 0.25) is 0 Å². The number of terminal acetylenes is 1. The van der Waals surface area contributed by atoms with Crippen LogP contribution >= 0.6 is 0 Å². The first-order chi connectivity index (χ1) is 1.41. The first-order valence-electron chi connectivity index (χ1n) is 0.789. The third kappa shape index (κ3) is 63.3. The number of hydrogen-bond donors (Lipinski definition) is 0. The van der Waals surface area contributed by atoms with Gasteiger partial charge in [-0.05, 0) is 6.92 Å². The van der Waals surface area contributed by atoms with Gasteiger partial charge in [-0.25, -0.2) is 0 Å². The molecule has 20 valence electrons. The molecule has 0 bridgehead atoms. The minimum atomic E-state index is 0. The summed E-state index contributed by atoms with van der Waals surface area (Å²) in [6, 6.07) is 0. The van der Waals surface area contributed by atoms with E-state index in [1.165, 1.54) is 0 Å². The van der Waals surface area contributed by atoms with E-state index in [1.807, 2.05) is 0 Å². The summed E-state index contributed by atoms with van der Waals surface area (Å²) >= 11 is 0. The molecule has 0 aromatic heterocycles. The van der Waals surface area contributed by atoms with Crippen molar-refractivity contribution in [3.05, 3.63) is 0 Å². The number of hydrogen-bond acceptors (Lipinski definition) is 0. The van der Waals surface area contributed by atoms with Gasteiger partial charge >= 0.3 is 37.7 Å². The molecule has 0 aromatic rings. The van der Waals surface area contributed by atoms with Crippen molar-refractivity contribution in [2.24, 2.45) is 0 Å². The average molecular weight is 56.0 g/mol. The molecule has 0 spiro atoms. The van der Waals surface area contributed by atoms with Crippen LogP contribution in [0.1, 0.15) is 9.78 Å². The maximum atomic E-state index is 4.60. The molecular weight excluding hydrogens is 49.9 g/mol. The number of rotatable bonds is 0. The predicted octanol–water partition coefficient (Wildman–Crippen LogP) is -5.13. The van der Waals surface area contributed by atoms with Crippen molar-refractivity contribution in [3.63, 3.8) is 0 Å². The van der Waals surface area contributed by atoms with E-state index < -0.39 is 0 Å². The second-order valence-electron chi connectivity index (χ2n) is 0.289. The molecule has 0 saturated carbocycles. The van der Waals surface area contributed by atoms with Crippen molar-refractivity contribution >= 4 is 0 Å².